The van der Waals surface area contributed by atoms with Gasteiger partial charge in [-0.25, -0.2) is 0 Å². The van der Waals surface area contributed by atoms with Gasteiger partial charge in [-0.2, -0.15) is 0 Å². The normalized spacial score (nSPS) is 13.6. The first-order valence-electron chi connectivity index (χ1n) is 6.87. The van der Waals surface area contributed by atoms with Gasteiger partial charge < -0.3 is 10.6 Å². The molecule has 1 atom stereocenters. The zero-order valence-electron chi connectivity index (χ0n) is 12.6. The molecule has 0 saturated carbocycles. The fourth-order valence-electron chi connectivity index (χ4n) is 1.96. The summed E-state index contributed by atoms with van der Waals surface area (Å²) in [6.45, 7) is 11.1. The van der Waals surface area contributed by atoms with Crippen LogP contribution in [0.2, 0.25) is 0 Å². The first-order valence-corrected chi connectivity index (χ1v) is 7.75. The van der Waals surface area contributed by atoms with Crippen molar-refractivity contribution in [3.05, 3.63) is 22.4 Å². The third kappa shape index (κ3) is 6.21. The fourth-order valence-corrected chi connectivity index (χ4v) is 2.93. The zero-order valence-corrected chi connectivity index (χ0v) is 13.4. The van der Waals surface area contributed by atoms with Crippen LogP contribution < -0.4 is 10.6 Å². The monoisotopic (exact) mass is 282 g/mol. The fraction of sp³-hybridized carbons (Fsp3) is 0.667. The van der Waals surface area contributed by atoms with Crippen molar-refractivity contribution in [1.82, 2.24) is 10.6 Å². The van der Waals surface area contributed by atoms with E-state index >= 15 is 0 Å². The second-order valence-corrected chi connectivity index (χ2v) is 7.22. The van der Waals surface area contributed by atoms with Gasteiger partial charge in [-0.1, -0.05) is 19.9 Å². The number of rotatable bonds is 6. The lowest BCUT2D eigenvalue weighted by molar-refractivity contribution is -0.122. The van der Waals surface area contributed by atoms with Crippen LogP contribution in [-0.2, 0) is 4.79 Å². The Morgan fingerprint density at radius 1 is 1.37 bits per heavy atom. The number of thiophene rings is 1. The third-order valence-electron chi connectivity index (χ3n) is 2.75. The lowest BCUT2D eigenvalue weighted by Crippen LogP contribution is -2.41. The molecule has 1 aromatic heterocycles. The van der Waals surface area contributed by atoms with E-state index in [0.29, 0.717) is 24.9 Å². The van der Waals surface area contributed by atoms with E-state index in [9.17, 15) is 4.79 Å². The summed E-state index contributed by atoms with van der Waals surface area (Å²) in [5, 5.41) is 8.56. The molecule has 108 valence electrons. The van der Waals surface area contributed by atoms with Crippen LogP contribution in [0.5, 0.6) is 0 Å². The van der Waals surface area contributed by atoms with E-state index in [2.05, 4.69) is 42.0 Å². The van der Waals surface area contributed by atoms with E-state index < -0.39 is 0 Å². The van der Waals surface area contributed by atoms with E-state index in [1.165, 1.54) is 4.88 Å². The Hall–Kier alpha value is -0.870. The summed E-state index contributed by atoms with van der Waals surface area (Å²) in [6, 6.07) is 4.56. The summed E-state index contributed by atoms with van der Waals surface area (Å²) in [5.74, 6) is 0.623. The average molecular weight is 282 g/mol. The first kappa shape index (κ1) is 16.2. The summed E-state index contributed by atoms with van der Waals surface area (Å²) in [7, 11) is 0. The van der Waals surface area contributed by atoms with Gasteiger partial charge in [0.15, 0.2) is 0 Å². The highest BCUT2D eigenvalue weighted by Crippen LogP contribution is 2.25. The lowest BCUT2D eigenvalue weighted by Gasteiger charge is -2.23. The Morgan fingerprint density at radius 2 is 2.05 bits per heavy atom. The molecule has 0 aliphatic rings. The second-order valence-electron chi connectivity index (χ2n) is 6.24. The maximum atomic E-state index is 11.7. The van der Waals surface area contributed by atoms with Crippen molar-refractivity contribution in [2.75, 3.05) is 6.54 Å². The van der Waals surface area contributed by atoms with E-state index in [0.717, 1.165) is 0 Å². The van der Waals surface area contributed by atoms with Gasteiger partial charge in [0.1, 0.15) is 0 Å². The molecule has 0 radical (unpaired) electrons. The summed E-state index contributed by atoms with van der Waals surface area (Å²) in [6.07, 6.45) is 0.520. The largest absolute Gasteiger partial charge is 0.351 e. The number of hydrogen-bond donors (Lipinski definition) is 2. The third-order valence-corrected chi connectivity index (χ3v) is 3.70. The van der Waals surface area contributed by atoms with Gasteiger partial charge in [0, 0.05) is 29.4 Å². The highest BCUT2D eigenvalue weighted by atomic mass is 32.1. The number of carbonyl (C=O) groups excluding carboxylic acids is 1. The van der Waals surface area contributed by atoms with Crippen LogP contribution in [0.4, 0.5) is 0 Å². The molecular formula is C15H26N2OS. The topological polar surface area (TPSA) is 41.1 Å². The van der Waals surface area contributed by atoms with Crippen LogP contribution in [0.25, 0.3) is 0 Å². The van der Waals surface area contributed by atoms with Gasteiger partial charge in [0.05, 0.1) is 0 Å². The standard InChI is InChI=1S/C15H26N2OS/c1-11(2)14(12-7-6-10-19-12)16-9-8-13(18)17-15(3,4)5/h6-7,10-11,14,16H,8-9H2,1-5H3,(H,17,18). The molecule has 0 saturated heterocycles. The van der Waals surface area contributed by atoms with E-state index in [4.69, 9.17) is 0 Å². The number of hydrogen-bond acceptors (Lipinski definition) is 3. The van der Waals surface area contributed by atoms with Crippen LogP contribution in [0.1, 0.15) is 52.0 Å². The predicted molar refractivity (Wildman–Crippen MR) is 82.4 cm³/mol. The molecule has 0 aliphatic carbocycles. The molecule has 19 heavy (non-hydrogen) atoms. The Morgan fingerprint density at radius 3 is 2.53 bits per heavy atom. The minimum Gasteiger partial charge on any atom is -0.351 e. The molecule has 0 bridgehead atoms. The van der Waals surface area contributed by atoms with Crippen molar-refractivity contribution in [1.29, 1.82) is 0 Å². The lowest BCUT2D eigenvalue weighted by atomic mass is 10.0. The quantitative estimate of drug-likeness (QED) is 0.840. The van der Waals surface area contributed by atoms with Gasteiger partial charge in [-0.05, 0) is 38.1 Å². The molecular weight excluding hydrogens is 256 g/mol. The molecule has 0 aliphatic heterocycles. The minimum atomic E-state index is -0.151. The minimum absolute atomic E-state index is 0.105. The van der Waals surface area contributed by atoms with Crippen molar-refractivity contribution in [3.8, 4) is 0 Å². The number of carbonyl (C=O) groups is 1. The van der Waals surface area contributed by atoms with Crippen LogP contribution in [0.15, 0.2) is 17.5 Å². The van der Waals surface area contributed by atoms with Crippen LogP contribution in [-0.4, -0.2) is 18.0 Å². The Bertz CT molecular complexity index is 379. The molecule has 1 unspecified atom stereocenters. The molecule has 1 rings (SSSR count). The van der Waals surface area contributed by atoms with Crippen molar-refractivity contribution in [3.63, 3.8) is 0 Å². The molecule has 0 spiro atoms. The Kier molecular flexibility index (Phi) is 6.01. The Labute approximate surface area is 120 Å². The van der Waals surface area contributed by atoms with Crippen LogP contribution >= 0.6 is 11.3 Å². The van der Waals surface area contributed by atoms with Crippen molar-refractivity contribution < 1.29 is 4.79 Å². The predicted octanol–water partition coefficient (Wildman–Crippen LogP) is 3.34. The van der Waals surface area contributed by atoms with Gasteiger partial charge in [-0.15, -0.1) is 11.3 Å². The van der Waals surface area contributed by atoms with Gasteiger partial charge in [0.25, 0.3) is 0 Å². The first-order chi connectivity index (χ1) is 8.79. The molecule has 4 heteroatoms. The van der Waals surface area contributed by atoms with Crippen molar-refractivity contribution in [2.45, 2.75) is 52.6 Å². The second kappa shape index (κ2) is 7.06. The summed E-state index contributed by atoms with van der Waals surface area (Å²) in [5.41, 5.74) is -0.151. The maximum absolute atomic E-state index is 11.7. The summed E-state index contributed by atoms with van der Waals surface area (Å²) in [4.78, 5) is 13.1. The average Bonchev–Trinajstić information content (AvgIpc) is 2.74. The van der Waals surface area contributed by atoms with Crippen LogP contribution in [0.3, 0.4) is 0 Å². The molecule has 2 N–H and O–H groups in total. The van der Waals surface area contributed by atoms with E-state index in [1.54, 1.807) is 11.3 Å². The number of nitrogens with one attached hydrogen (secondary N) is 2. The highest BCUT2D eigenvalue weighted by molar-refractivity contribution is 7.10. The van der Waals surface area contributed by atoms with Crippen LogP contribution in [0, 0.1) is 5.92 Å². The molecule has 3 nitrogen and oxygen atoms in total. The smallest absolute Gasteiger partial charge is 0.221 e. The van der Waals surface area contributed by atoms with Crippen molar-refractivity contribution >= 4 is 17.2 Å². The Balaban J connectivity index is 2.40. The SMILES string of the molecule is CC(C)C(NCCC(=O)NC(C)(C)C)c1cccs1. The maximum Gasteiger partial charge on any atom is 0.221 e. The molecule has 1 aromatic rings. The molecule has 1 heterocycles. The molecule has 1 amide bonds. The highest BCUT2D eigenvalue weighted by Gasteiger charge is 2.17. The van der Waals surface area contributed by atoms with Crippen molar-refractivity contribution in [2.24, 2.45) is 5.92 Å². The summed E-state index contributed by atoms with van der Waals surface area (Å²) >= 11 is 1.77. The van der Waals surface area contributed by atoms with E-state index in [1.807, 2.05) is 20.8 Å². The molecule has 0 fully saturated rings. The van der Waals surface area contributed by atoms with Gasteiger partial charge >= 0.3 is 0 Å². The van der Waals surface area contributed by atoms with E-state index in [-0.39, 0.29) is 11.4 Å². The van der Waals surface area contributed by atoms with Gasteiger partial charge in [0.2, 0.25) is 5.91 Å². The van der Waals surface area contributed by atoms with Gasteiger partial charge in [-0.3, -0.25) is 4.79 Å². The summed E-state index contributed by atoms with van der Waals surface area (Å²) < 4.78 is 0. The molecule has 0 aromatic carbocycles. The number of amides is 1. The zero-order chi connectivity index (χ0) is 14.5.